The lowest BCUT2D eigenvalue weighted by Gasteiger charge is -2.17. The summed E-state index contributed by atoms with van der Waals surface area (Å²) in [7, 11) is 0. The summed E-state index contributed by atoms with van der Waals surface area (Å²) in [6.45, 7) is 9.24. The van der Waals surface area contributed by atoms with Gasteiger partial charge in [-0.05, 0) is 27.2 Å². The molecule has 0 rings (SSSR count). The first-order valence-electron chi connectivity index (χ1n) is 3.97. The molecule has 0 unspecified atom stereocenters. The minimum absolute atomic E-state index is 0.237. The quantitative estimate of drug-likeness (QED) is 0.623. The second-order valence-electron chi connectivity index (χ2n) is 2.14. The summed E-state index contributed by atoms with van der Waals surface area (Å²) in [5.41, 5.74) is 0. The van der Waals surface area contributed by atoms with Gasteiger partial charge in [-0.15, -0.1) is 0 Å². The van der Waals surface area contributed by atoms with Crippen molar-refractivity contribution in [2.24, 2.45) is 0 Å². The molecule has 0 bridgehead atoms. The predicted octanol–water partition coefficient (Wildman–Crippen LogP) is 1.69. The van der Waals surface area contributed by atoms with Crippen molar-refractivity contribution in [1.82, 2.24) is 4.90 Å². The van der Waals surface area contributed by atoms with Crippen molar-refractivity contribution < 1.29 is 9.53 Å². The molecular weight excluding hydrogens is 142 g/mol. The summed E-state index contributed by atoms with van der Waals surface area (Å²) >= 11 is 0. The van der Waals surface area contributed by atoms with E-state index < -0.39 is 0 Å². The van der Waals surface area contributed by atoms with Gasteiger partial charge in [-0.2, -0.15) is 0 Å². The summed E-state index contributed by atoms with van der Waals surface area (Å²) in [5, 5.41) is 0. The maximum absolute atomic E-state index is 11.0. The molecule has 0 aliphatic heterocycles. The van der Waals surface area contributed by atoms with E-state index in [1.807, 2.05) is 13.8 Å². The van der Waals surface area contributed by atoms with Crippen LogP contribution in [0.2, 0.25) is 0 Å². The van der Waals surface area contributed by atoms with Gasteiger partial charge in [0.25, 0.3) is 0 Å². The fraction of sp³-hybridized carbons (Fsp3) is 0.750. The molecule has 0 aromatic carbocycles. The molecule has 0 N–H and O–H groups in total. The molecule has 1 amide bonds. The zero-order chi connectivity index (χ0) is 8.69. The predicted molar refractivity (Wildman–Crippen MR) is 44.2 cm³/mol. The fourth-order valence-corrected chi connectivity index (χ4v) is 0.733. The van der Waals surface area contributed by atoms with Gasteiger partial charge in [-0.3, -0.25) is 0 Å². The highest BCUT2D eigenvalue weighted by Crippen LogP contribution is 1.93. The van der Waals surface area contributed by atoms with Crippen molar-refractivity contribution in [2.45, 2.75) is 20.3 Å². The molecule has 0 heterocycles. The Bertz CT molecular complexity index is 111. The molecule has 0 aliphatic carbocycles. The third-order valence-corrected chi connectivity index (χ3v) is 1.39. The summed E-state index contributed by atoms with van der Waals surface area (Å²) in [5.74, 6) is 0. The van der Waals surface area contributed by atoms with Gasteiger partial charge in [-0.1, -0.05) is 0 Å². The van der Waals surface area contributed by atoms with Crippen molar-refractivity contribution in [3.05, 3.63) is 6.92 Å². The third kappa shape index (κ3) is 3.86. The summed E-state index contributed by atoms with van der Waals surface area (Å²) < 4.78 is 4.86. The zero-order valence-corrected chi connectivity index (χ0v) is 7.30. The molecule has 1 radical (unpaired) electrons. The summed E-state index contributed by atoms with van der Waals surface area (Å²) in [6.07, 6.45) is 0.395. The van der Waals surface area contributed by atoms with Gasteiger partial charge >= 0.3 is 6.09 Å². The molecular formula is C8H16NO2. The monoisotopic (exact) mass is 158 g/mol. The van der Waals surface area contributed by atoms with Crippen LogP contribution >= 0.6 is 0 Å². The van der Waals surface area contributed by atoms with Crippen LogP contribution in [0.4, 0.5) is 4.79 Å². The molecule has 3 nitrogen and oxygen atoms in total. The van der Waals surface area contributed by atoms with E-state index >= 15 is 0 Å². The van der Waals surface area contributed by atoms with E-state index in [2.05, 4.69) is 6.92 Å². The van der Waals surface area contributed by atoms with Gasteiger partial charge < -0.3 is 9.64 Å². The normalized spacial score (nSPS) is 9.36. The Morgan fingerprint density at radius 3 is 2.36 bits per heavy atom. The molecule has 0 aromatic rings. The summed E-state index contributed by atoms with van der Waals surface area (Å²) in [6, 6.07) is 0. The van der Waals surface area contributed by atoms with Crippen LogP contribution < -0.4 is 0 Å². The smallest absolute Gasteiger partial charge is 0.409 e. The minimum Gasteiger partial charge on any atom is -0.449 e. The molecule has 3 heteroatoms. The van der Waals surface area contributed by atoms with Crippen LogP contribution in [-0.2, 0) is 4.74 Å². The zero-order valence-electron chi connectivity index (χ0n) is 7.30. The molecule has 0 spiro atoms. The van der Waals surface area contributed by atoms with Gasteiger partial charge in [0.1, 0.15) is 0 Å². The number of carbonyl (C=O) groups excluding carboxylic acids is 1. The van der Waals surface area contributed by atoms with E-state index in [9.17, 15) is 4.79 Å². The van der Waals surface area contributed by atoms with E-state index in [0.29, 0.717) is 26.1 Å². The Morgan fingerprint density at radius 1 is 1.45 bits per heavy atom. The Kier molecular flexibility index (Phi) is 5.61. The van der Waals surface area contributed by atoms with Crippen molar-refractivity contribution in [3.8, 4) is 0 Å². The molecule has 65 valence electrons. The highest BCUT2D eigenvalue weighted by atomic mass is 16.6. The lowest BCUT2D eigenvalue weighted by atomic mass is 10.5. The molecule has 11 heavy (non-hydrogen) atoms. The molecule has 0 saturated carbocycles. The van der Waals surface area contributed by atoms with Crippen LogP contribution in [0.1, 0.15) is 20.3 Å². The van der Waals surface area contributed by atoms with E-state index in [1.54, 1.807) is 4.90 Å². The maximum Gasteiger partial charge on any atom is 0.409 e. The Labute approximate surface area is 68.3 Å². The minimum atomic E-state index is -0.237. The van der Waals surface area contributed by atoms with Crippen LogP contribution in [0.3, 0.4) is 0 Å². The number of amides is 1. The Morgan fingerprint density at radius 2 is 2.00 bits per heavy atom. The van der Waals surface area contributed by atoms with E-state index in [-0.39, 0.29) is 6.09 Å². The van der Waals surface area contributed by atoms with Crippen molar-refractivity contribution >= 4 is 6.09 Å². The van der Waals surface area contributed by atoms with Crippen LogP contribution in [0, 0.1) is 6.92 Å². The number of ether oxygens (including phenoxy) is 1. The number of carbonyl (C=O) groups is 1. The average Bonchev–Trinajstić information content (AvgIpc) is 2.03. The van der Waals surface area contributed by atoms with Gasteiger partial charge in [0.2, 0.25) is 0 Å². The van der Waals surface area contributed by atoms with E-state index in [1.165, 1.54) is 0 Å². The van der Waals surface area contributed by atoms with Crippen LogP contribution in [0.15, 0.2) is 0 Å². The first-order valence-corrected chi connectivity index (χ1v) is 3.97. The molecule has 0 aromatic heterocycles. The SMILES string of the molecule is [CH2]CCOC(=O)N(CC)CC. The highest BCUT2D eigenvalue weighted by molar-refractivity contribution is 5.67. The standard InChI is InChI=1S/C8H16NO2/c1-4-7-11-8(10)9(5-2)6-3/h1,4-7H2,2-3H3. The van der Waals surface area contributed by atoms with Gasteiger partial charge in [0, 0.05) is 13.1 Å². The molecule has 0 aliphatic rings. The van der Waals surface area contributed by atoms with Crippen LogP contribution in [-0.4, -0.2) is 30.7 Å². The molecule has 0 saturated heterocycles. The van der Waals surface area contributed by atoms with Gasteiger partial charge in [0.05, 0.1) is 6.61 Å². The fourth-order valence-electron chi connectivity index (χ4n) is 0.733. The Hall–Kier alpha value is -0.730. The highest BCUT2D eigenvalue weighted by Gasteiger charge is 2.08. The molecule has 0 fully saturated rings. The average molecular weight is 158 g/mol. The number of nitrogens with zero attached hydrogens (tertiary/aromatic N) is 1. The van der Waals surface area contributed by atoms with Gasteiger partial charge in [-0.25, -0.2) is 4.79 Å². The van der Waals surface area contributed by atoms with Crippen molar-refractivity contribution in [2.75, 3.05) is 19.7 Å². The lowest BCUT2D eigenvalue weighted by molar-refractivity contribution is 0.107. The first-order chi connectivity index (χ1) is 5.26. The number of hydrogen-bond donors (Lipinski definition) is 0. The van der Waals surface area contributed by atoms with Crippen LogP contribution in [0.25, 0.3) is 0 Å². The van der Waals surface area contributed by atoms with E-state index in [0.717, 1.165) is 0 Å². The largest absolute Gasteiger partial charge is 0.449 e. The summed E-state index contributed by atoms with van der Waals surface area (Å²) in [4.78, 5) is 12.7. The van der Waals surface area contributed by atoms with Gasteiger partial charge in [0.15, 0.2) is 0 Å². The number of hydrogen-bond acceptors (Lipinski definition) is 2. The van der Waals surface area contributed by atoms with E-state index in [4.69, 9.17) is 4.74 Å². The third-order valence-electron chi connectivity index (χ3n) is 1.39. The molecule has 0 atom stereocenters. The van der Waals surface area contributed by atoms with Crippen LogP contribution in [0.5, 0.6) is 0 Å². The topological polar surface area (TPSA) is 29.5 Å². The second kappa shape index (κ2) is 6.01. The maximum atomic E-state index is 11.0. The lowest BCUT2D eigenvalue weighted by Crippen LogP contribution is -2.31. The Balaban J connectivity index is 3.61. The number of rotatable bonds is 4. The first kappa shape index (κ1) is 10.3. The van der Waals surface area contributed by atoms with Crippen molar-refractivity contribution in [1.29, 1.82) is 0 Å². The second-order valence-corrected chi connectivity index (χ2v) is 2.14. The van der Waals surface area contributed by atoms with Crippen molar-refractivity contribution in [3.63, 3.8) is 0 Å².